The van der Waals surface area contributed by atoms with Crippen molar-refractivity contribution in [3.05, 3.63) is 0 Å². The molecule has 0 saturated heterocycles. The minimum atomic E-state index is -4.95. The quantitative estimate of drug-likeness (QED) is 0.0222. The molecule has 534 valence electrons. The Labute approximate surface area is 549 Å². The lowest BCUT2D eigenvalue weighted by Crippen LogP contribution is -2.30. The molecule has 0 aromatic carbocycles. The SMILES string of the molecule is CCCCCCCCCCCCC(=O)O[C@H](COC(=O)CCCCCCC)COP(=O)(O)OC[C@H](O)COP(=O)(O)OC[C@@H](COC(=O)CCCCCCCCCCCCCCCCC(C)C)OC(=O)CCCCCCCCCCCCCCCCCC(C)C. The number of carbonyl (C=O) groups is 4. The Morgan fingerprint density at radius 2 is 0.511 bits per heavy atom. The van der Waals surface area contributed by atoms with E-state index in [1.807, 2.05) is 0 Å². The number of phosphoric acid groups is 2. The van der Waals surface area contributed by atoms with Gasteiger partial charge in [-0.15, -0.1) is 0 Å². The van der Waals surface area contributed by atoms with Crippen LogP contribution >= 0.6 is 15.6 Å². The minimum absolute atomic E-state index is 0.105. The van der Waals surface area contributed by atoms with E-state index in [-0.39, 0.29) is 25.7 Å². The van der Waals surface area contributed by atoms with Gasteiger partial charge in [-0.3, -0.25) is 37.3 Å². The Morgan fingerprint density at radius 3 is 0.756 bits per heavy atom. The first-order valence-corrected chi connectivity index (χ1v) is 40.0. The van der Waals surface area contributed by atoms with Crippen LogP contribution in [0.3, 0.4) is 0 Å². The Morgan fingerprint density at radius 1 is 0.300 bits per heavy atom. The molecule has 0 aliphatic rings. The summed E-state index contributed by atoms with van der Waals surface area (Å²) >= 11 is 0. The molecule has 0 saturated carbocycles. The predicted octanol–water partition coefficient (Wildman–Crippen LogP) is 20.4. The molecule has 0 aromatic rings. The number of carbonyl (C=O) groups excluding carboxylic acids is 4. The van der Waals surface area contributed by atoms with Gasteiger partial charge in [0.05, 0.1) is 26.4 Å². The second kappa shape index (κ2) is 63.1. The van der Waals surface area contributed by atoms with E-state index in [9.17, 15) is 43.2 Å². The van der Waals surface area contributed by atoms with Gasteiger partial charge in [0.25, 0.3) is 0 Å². The van der Waals surface area contributed by atoms with Crippen molar-refractivity contribution in [2.75, 3.05) is 39.6 Å². The van der Waals surface area contributed by atoms with Crippen molar-refractivity contribution in [1.82, 2.24) is 0 Å². The van der Waals surface area contributed by atoms with Crippen molar-refractivity contribution in [2.24, 2.45) is 11.8 Å². The highest BCUT2D eigenvalue weighted by Gasteiger charge is 2.30. The monoisotopic (exact) mass is 1320 g/mol. The highest BCUT2D eigenvalue weighted by atomic mass is 31.2. The summed E-state index contributed by atoms with van der Waals surface area (Å²) < 4.78 is 68.1. The molecule has 19 heteroatoms. The predicted molar refractivity (Wildman–Crippen MR) is 363 cm³/mol. The van der Waals surface area contributed by atoms with E-state index >= 15 is 0 Å². The summed E-state index contributed by atoms with van der Waals surface area (Å²) in [5, 5.41) is 10.6. The highest BCUT2D eigenvalue weighted by molar-refractivity contribution is 7.47. The Bertz CT molecular complexity index is 1750. The lowest BCUT2D eigenvalue weighted by molar-refractivity contribution is -0.161. The van der Waals surface area contributed by atoms with Crippen LogP contribution in [-0.4, -0.2) is 96.7 Å². The van der Waals surface area contributed by atoms with Crippen molar-refractivity contribution in [3.8, 4) is 0 Å². The van der Waals surface area contributed by atoms with Gasteiger partial charge in [-0.05, 0) is 37.5 Å². The molecule has 0 spiro atoms. The molecular formula is C71H138O17P2. The standard InChI is InChI=1S/C71H138O17P2/c1-7-9-11-13-14-15-31-37-43-49-55-70(75)87-66(59-81-68(73)53-47-39-12-10-8-2)61-85-89(77,78)83-57-65(72)58-84-90(79,80)86-62-67(60-82-69(74)54-48-42-36-32-27-23-20-19-22-26-30-35-41-46-52-64(5)6)88-71(76)56-50-44-38-33-28-24-18-16-17-21-25-29-34-40-45-51-63(3)4/h63-67,72H,7-62H2,1-6H3,(H,77,78)(H,79,80)/t65-,66+,67+/m0/s1. The number of aliphatic hydroxyl groups excluding tert-OH is 1. The lowest BCUT2D eigenvalue weighted by Gasteiger charge is -2.21. The van der Waals surface area contributed by atoms with Crippen molar-refractivity contribution in [1.29, 1.82) is 0 Å². The van der Waals surface area contributed by atoms with Crippen LogP contribution in [0.25, 0.3) is 0 Å². The molecule has 0 aliphatic carbocycles. The molecular weight excluding hydrogens is 1190 g/mol. The lowest BCUT2D eigenvalue weighted by atomic mass is 10.0. The average Bonchev–Trinajstić information content (AvgIpc) is 3.72. The first-order valence-electron chi connectivity index (χ1n) is 37.0. The van der Waals surface area contributed by atoms with Gasteiger partial charge in [-0.2, -0.15) is 0 Å². The third kappa shape index (κ3) is 64.8. The maximum Gasteiger partial charge on any atom is 0.472 e. The van der Waals surface area contributed by atoms with Gasteiger partial charge in [0.2, 0.25) is 0 Å². The summed E-state index contributed by atoms with van der Waals surface area (Å²) in [6.07, 6.45) is 49.0. The second-order valence-corrected chi connectivity index (χ2v) is 29.5. The van der Waals surface area contributed by atoms with Crippen LogP contribution in [0.2, 0.25) is 0 Å². The van der Waals surface area contributed by atoms with Crippen LogP contribution in [0.4, 0.5) is 0 Å². The number of rotatable bonds is 70. The van der Waals surface area contributed by atoms with E-state index in [1.54, 1.807) is 0 Å². The number of unbranched alkanes of at least 4 members (excludes halogenated alkanes) is 40. The maximum atomic E-state index is 13.0. The molecule has 3 N–H and O–H groups in total. The molecule has 0 rings (SSSR count). The molecule has 0 amide bonds. The fourth-order valence-electron chi connectivity index (χ4n) is 10.8. The largest absolute Gasteiger partial charge is 0.472 e. The van der Waals surface area contributed by atoms with E-state index in [0.717, 1.165) is 108 Å². The molecule has 0 heterocycles. The molecule has 0 aliphatic heterocycles. The van der Waals surface area contributed by atoms with Crippen LogP contribution in [-0.2, 0) is 65.4 Å². The van der Waals surface area contributed by atoms with Gasteiger partial charge < -0.3 is 33.8 Å². The van der Waals surface area contributed by atoms with Crippen LogP contribution in [0, 0.1) is 11.8 Å². The number of esters is 4. The van der Waals surface area contributed by atoms with Crippen molar-refractivity contribution < 1.29 is 80.2 Å². The summed E-state index contributed by atoms with van der Waals surface area (Å²) in [7, 11) is -9.89. The van der Waals surface area contributed by atoms with Crippen LogP contribution < -0.4 is 0 Å². The van der Waals surface area contributed by atoms with E-state index in [2.05, 4.69) is 41.5 Å². The fourth-order valence-corrected chi connectivity index (χ4v) is 12.3. The van der Waals surface area contributed by atoms with Gasteiger partial charge in [0.1, 0.15) is 19.3 Å². The highest BCUT2D eigenvalue weighted by Crippen LogP contribution is 2.45. The zero-order valence-electron chi connectivity index (χ0n) is 58.4. The summed E-state index contributed by atoms with van der Waals surface area (Å²) in [6, 6.07) is 0. The van der Waals surface area contributed by atoms with Crippen LogP contribution in [0.5, 0.6) is 0 Å². The maximum absolute atomic E-state index is 13.0. The molecule has 0 radical (unpaired) electrons. The normalized spacial score (nSPS) is 14.1. The topological polar surface area (TPSA) is 237 Å². The molecule has 2 unspecified atom stereocenters. The number of hydrogen-bond donors (Lipinski definition) is 3. The Hall–Kier alpha value is -1.94. The van der Waals surface area contributed by atoms with Crippen molar-refractivity contribution in [2.45, 2.75) is 381 Å². The molecule has 5 atom stereocenters. The van der Waals surface area contributed by atoms with Gasteiger partial charge in [-0.25, -0.2) is 9.13 Å². The van der Waals surface area contributed by atoms with E-state index in [1.165, 1.54) is 173 Å². The van der Waals surface area contributed by atoms with Gasteiger partial charge >= 0.3 is 39.5 Å². The third-order valence-corrected chi connectivity index (χ3v) is 18.4. The summed E-state index contributed by atoms with van der Waals surface area (Å²) in [5.41, 5.74) is 0. The summed E-state index contributed by atoms with van der Waals surface area (Å²) in [4.78, 5) is 72.3. The number of hydrogen-bond acceptors (Lipinski definition) is 15. The average molecular weight is 1330 g/mol. The zero-order chi connectivity index (χ0) is 66.5. The molecule has 90 heavy (non-hydrogen) atoms. The van der Waals surface area contributed by atoms with E-state index in [0.29, 0.717) is 25.7 Å². The Balaban J connectivity index is 5.14. The first kappa shape index (κ1) is 88.1. The molecule has 0 fully saturated rings. The molecule has 0 aromatic heterocycles. The van der Waals surface area contributed by atoms with E-state index in [4.69, 9.17) is 37.0 Å². The van der Waals surface area contributed by atoms with Crippen LogP contribution in [0.1, 0.15) is 363 Å². The summed E-state index contributed by atoms with van der Waals surface area (Å²) in [6.45, 7) is 9.51. The second-order valence-electron chi connectivity index (χ2n) is 26.6. The number of ether oxygens (including phenoxy) is 4. The number of phosphoric ester groups is 2. The number of aliphatic hydroxyl groups is 1. The van der Waals surface area contributed by atoms with Crippen molar-refractivity contribution in [3.63, 3.8) is 0 Å². The minimum Gasteiger partial charge on any atom is -0.462 e. The van der Waals surface area contributed by atoms with Gasteiger partial charge in [-0.1, -0.05) is 311 Å². The first-order chi connectivity index (χ1) is 43.4. The van der Waals surface area contributed by atoms with Crippen LogP contribution in [0.15, 0.2) is 0 Å². The zero-order valence-corrected chi connectivity index (χ0v) is 60.2. The third-order valence-electron chi connectivity index (χ3n) is 16.5. The fraction of sp³-hybridized carbons (Fsp3) is 0.944. The van der Waals surface area contributed by atoms with Gasteiger partial charge in [0.15, 0.2) is 12.2 Å². The Kier molecular flexibility index (Phi) is 61.8. The van der Waals surface area contributed by atoms with Gasteiger partial charge in [0, 0.05) is 25.7 Å². The van der Waals surface area contributed by atoms with E-state index < -0.39 is 97.5 Å². The summed E-state index contributed by atoms with van der Waals surface area (Å²) in [5.74, 6) is -0.532. The van der Waals surface area contributed by atoms with Crippen molar-refractivity contribution >= 4 is 39.5 Å². The molecule has 0 bridgehead atoms. The smallest absolute Gasteiger partial charge is 0.462 e. The molecule has 17 nitrogen and oxygen atoms in total.